The quantitative estimate of drug-likeness (QED) is 0.668. The Morgan fingerprint density at radius 2 is 1.87 bits per heavy atom. The molecule has 2 N–H and O–H groups in total. The summed E-state index contributed by atoms with van der Waals surface area (Å²) >= 11 is 1.17. The maximum atomic E-state index is 13.0. The van der Waals surface area contributed by atoms with Crippen molar-refractivity contribution >= 4 is 43.7 Å². The number of fused-ring (bicyclic) bond motifs is 1. The summed E-state index contributed by atoms with van der Waals surface area (Å²) in [5, 5.41) is 12.4. The first-order chi connectivity index (χ1) is 14.1. The lowest BCUT2D eigenvalue weighted by atomic mass is 10.0. The topological polar surface area (TPSA) is 107 Å². The lowest BCUT2D eigenvalue weighted by Crippen LogP contribution is -2.46. The molecule has 8 nitrogen and oxygen atoms in total. The highest BCUT2D eigenvalue weighted by Crippen LogP contribution is 2.41. The number of aliphatic hydroxyl groups excluding tert-OH is 1. The van der Waals surface area contributed by atoms with Crippen LogP contribution in [-0.4, -0.2) is 56.3 Å². The minimum absolute atomic E-state index is 0.0460. The van der Waals surface area contributed by atoms with Gasteiger partial charge in [-0.25, -0.2) is 8.42 Å². The van der Waals surface area contributed by atoms with Gasteiger partial charge in [-0.3, -0.25) is 9.59 Å². The van der Waals surface area contributed by atoms with E-state index in [-0.39, 0.29) is 23.3 Å². The number of rotatable bonds is 7. The predicted octanol–water partition coefficient (Wildman–Crippen LogP) is 2.16. The summed E-state index contributed by atoms with van der Waals surface area (Å²) in [5.74, 6) is -1.14. The number of Topliss-reactive ketones (excluding diaryl/α,β-unsaturated/α-hetero) is 1. The molecule has 0 radical (unpaired) electrons. The van der Waals surface area contributed by atoms with Crippen molar-refractivity contribution in [2.45, 2.75) is 31.3 Å². The number of carbonyl (C=O) groups is 2. The second-order valence-corrected chi connectivity index (χ2v) is 10.7. The Kier molecular flexibility index (Phi) is 6.32. The molecule has 0 spiro atoms. The Balaban J connectivity index is 1.80. The number of anilines is 2. The zero-order valence-corrected chi connectivity index (χ0v) is 18.9. The molecule has 0 fully saturated rings. The van der Waals surface area contributed by atoms with Gasteiger partial charge < -0.3 is 15.3 Å². The van der Waals surface area contributed by atoms with Crippen molar-refractivity contribution in [3.05, 3.63) is 40.8 Å². The molecule has 10 heteroatoms. The molecule has 30 heavy (non-hydrogen) atoms. The van der Waals surface area contributed by atoms with E-state index in [9.17, 15) is 23.1 Å². The van der Waals surface area contributed by atoms with Gasteiger partial charge in [0.1, 0.15) is 6.61 Å². The standard InChI is InChI=1S/C20H25N3O5S2/c1-12(2)19(15(25)11-24)23-10-16-17(30(23,27)28)9-18(29-16)21-20(26)13-5-7-14(8-6-13)22(3)4/h5-9,12,19,24H,10-11H2,1-4H3,(H,21,26)/t19-/m1/s1. The van der Waals surface area contributed by atoms with Gasteiger partial charge in [0.05, 0.1) is 22.5 Å². The fourth-order valence-corrected chi connectivity index (χ4v) is 6.83. The first-order valence-corrected chi connectivity index (χ1v) is 11.7. The summed E-state index contributed by atoms with van der Waals surface area (Å²) < 4.78 is 27.1. The van der Waals surface area contributed by atoms with E-state index < -0.39 is 28.5 Å². The van der Waals surface area contributed by atoms with Crippen LogP contribution < -0.4 is 10.2 Å². The normalized spacial score (nSPS) is 16.3. The molecule has 2 heterocycles. The molecule has 1 aromatic carbocycles. The third-order valence-corrected chi connectivity index (χ3v) is 8.02. The lowest BCUT2D eigenvalue weighted by molar-refractivity contribution is -0.126. The minimum atomic E-state index is -3.89. The van der Waals surface area contributed by atoms with Crippen LogP contribution in [0.5, 0.6) is 0 Å². The number of aliphatic hydroxyl groups is 1. The number of nitrogens with zero attached hydrogens (tertiary/aromatic N) is 2. The first-order valence-electron chi connectivity index (χ1n) is 9.43. The Bertz CT molecular complexity index is 1060. The van der Waals surface area contributed by atoms with Crippen LogP contribution in [0.2, 0.25) is 0 Å². The molecule has 0 aliphatic carbocycles. The molecule has 1 aromatic heterocycles. The smallest absolute Gasteiger partial charge is 0.256 e. The van der Waals surface area contributed by atoms with Gasteiger partial charge >= 0.3 is 0 Å². The van der Waals surface area contributed by atoms with Gasteiger partial charge in [-0.05, 0) is 36.2 Å². The molecule has 0 saturated heterocycles. The second kappa shape index (κ2) is 8.46. The third-order valence-electron chi connectivity index (χ3n) is 4.97. The number of nitrogens with one attached hydrogen (secondary N) is 1. The average molecular weight is 452 g/mol. The van der Waals surface area contributed by atoms with Crippen LogP contribution in [0.25, 0.3) is 0 Å². The number of hydrogen-bond donors (Lipinski definition) is 2. The Labute approximate surface area is 180 Å². The molecule has 1 aliphatic rings. The van der Waals surface area contributed by atoms with E-state index in [0.717, 1.165) is 9.99 Å². The summed E-state index contributed by atoms with van der Waals surface area (Å²) in [4.78, 5) is 27.2. The van der Waals surface area contributed by atoms with Crippen LogP contribution in [0.15, 0.2) is 35.2 Å². The van der Waals surface area contributed by atoms with Gasteiger partial charge in [0.2, 0.25) is 10.0 Å². The fourth-order valence-electron chi connectivity index (χ4n) is 3.46. The SMILES string of the molecule is CC(C)[C@H](C(=O)CO)N1Cc2sc(NC(=O)c3ccc(N(C)C)cc3)cc2S1(=O)=O. The van der Waals surface area contributed by atoms with Crippen molar-refractivity contribution in [2.24, 2.45) is 5.92 Å². The number of thiophene rings is 1. The van der Waals surface area contributed by atoms with Crippen LogP contribution in [0.3, 0.4) is 0 Å². The molecule has 0 unspecified atom stereocenters. The summed E-state index contributed by atoms with van der Waals surface area (Å²) in [5.41, 5.74) is 1.43. The maximum Gasteiger partial charge on any atom is 0.256 e. The fraction of sp³-hybridized carbons (Fsp3) is 0.400. The molecule has 0 bridgehead atoms. The molecule has 1 atom stereocenters. The largest absolute Gasteiger partial charge is 0.389 e. The average Bonchev–Trinajstić information content (AvgIpc) is 3.19. The number of carbonyl (C=O) groups excluding carboxylic acids is 2. The van der Waals surface area contributed by atoms with Gasteiger partial charge in [-0.15, -0.1) is 11.3 Å². The van der Waals surface area contributed by atoms with E-state index in [1.807, 2.05) is 31.1 Å². The maximum absolute atomic E-state index is 13.0. The number of ketones is 1. The van der Waals surface area contributed by atoms with Crippen molar-refractivity contribution in [3.8, 4) is 0 Å². The van der Waals surface area contributed by atoms with E-state index in [4.69, 9.17) is 0 Å². The molecule has 0 saturated carbocycles. The summed E-state index contributed by atoms with van der Waals surface area (Å²) in [6.07, 6.45) is 0. The van der Waals surface area contributed by atoms with Gasteiger partial charge in [0, 0.05) is 30.2 Å². The molecular weight excluding hydrogens is 426 g/mol. The van der Waals surface area contributed by atoms with Crippen molar-refractivity contribution in [1.29, 1.82) is 0 Å². The Morgan fingerprint density at radius 3 is 2.37 bits per heavy atom. The Morgan fingerprint density at radius 1 is 1.23 bits per heavy atom. The van der Waals surface area contributed by atoms with Crippen molar-refractivity contribution in [2.75, 3.05) is 30.9 Å². The van der Waals surface area contributed by atoms with Crippen LogP contribution in [0, 0.1) is 5.92 Å². The third kappa shape index (κ3) is 4.13. The lowest BCUT2D eigenvalue weighted by Gasteiger charge is -2.27. The molecule has 162 valence electrons. The van der Waals surface area contributed by atoms with E-state index in [0.29, 0.717) is 15.4 Å². The number of benzene rings is 1. The van der Waals surface area contributed by atoms with Crippen LogP contribution in [0.4, 0.5) is 10.7 Å². The zero-order chi connectivity index (χ0) is 22.2. The summed E-state index contributed by atoms with van der Waals surface area (Å²) in [7, 11) is -0.0721. The minimum Gasteiger partial charge on any atom is -0.389 e. The van der Waals surface area contributed by atoms with Crippen molar-refractivity contribution in [1.82, 2.24) is 4.31 Å². The van der Waals surface area contributed by atoms with Gasteiger partial charge in [0.25, 0.3) is 5.91 Å². The number of amides is 1. The van der Waals surface area contributed by atoms with E-state index in [1.165, 1.54) is 17.4 Å². The zero-order valence-electron chi connectivity index (χ0n) is 17.2. The van der Waals surface area contributed by atoms with E-state index >= 15 is 0 Å². The molecule has 1 aliphatic heterocycles. The van der Waals surface area contributed by atoms with Crippen molar-refractivity contribution < 1.29 is 23.1 Å². The van der Waals surface area contributed by atoms with E-state index in [1.54, 1.807) is 26.0 Å². The van der Waals surface area contributed by atoms with Crippen LogP contribution >= 0.6 is 11.3 Å². The molecular formula is C20H25N3O5S2. The van der Waals surface area contributed by atoms with Crippen LogP contribution in [0.1, 0.15) is 29.1 Å². The van der Waals surface area contributed by atoms with Gasteiger partial charge in [-0.2, -0.15) is 4.31 Å². The van der Waals surface area contributed by atoms with Gasteiger partial charge in [0.15, 0.2) is 5.78 Å². The Hall–Kier alpha value is -2.27. The number of sulfonamides is 1. The molecule has 3 rings (SSSR count). The van der Waals surface area contributed by atoms with Crippen molar-refractivity contribution in [3.63, 3.8) is 0 Å². The number of hydrogen-bond acceptors (Lipinski definition) is 7. The highest BCUT2D eigenvalue weighted by molar-refractivity contribution is 7.89. The summed E-state index contributed by atoms with van der Waals surface area (Å²) in [6, 6.07) is 7.58. The van der Waals surface area contributed by atoms with Crippen LogP contribution in [-0.2, 0) is 21.4 Å². The molecule has 2 aromatic rings. The summed E-state index contributed by atoms with van der Waals surface area (Å²) in [6.45, 7) is 2.82. The van der Waals surface area contributed by atoms with Gasteiger partial charge in [-0.1, -0.05) is 13.8 Å². The first kappa shape index (κ1) is 22.4. The highest BCUT2D eigenvalue weighted by atomic mass is 32.2. The highest BCUT2D eigenvalue weighted by Gasteiger charge is 2.44. The monoisotopic (exact) mass is 451 g/mol. The second-order valence-electron chi connectivity index (χ2n) is 7.66. The van der Waals surface area contributed by atoms with E-state index in [2.05, 4.69) is 5.32 Å². The molecule has 1 amide bonds. The predicted molar refractivity (Wildman–Crippen MR) is 116 cm³/mol.